The maximum absolute atomic E-state index is 11.9. The first-order valence-corrected chi connectivity index (χ1v) is 7.74. The summed E-state index contributed by atoms with van der Waals surface area (Å²) in [7, 11) is 0. The fourth-order valence-corrected chi connectivity index (χ4v) is 2.75. The van der Waals surface area contributed by atoms with Crippen LogP contribution in [0.15, 0.2) is 30.3 Å². The van der Waals surface area contributed by atoms with Crippen LogP contribution in [0.1, 0.15) is 40.9 Å². The van der Waals surface area contributed by atoms with Gasteiger partial charge in [0.2, 0.25) is 0 Å². The van der Waals surface area contributed by atoms with Crippen molar-refractivity contribution in [3.63, 3.8) is 0 Å². The number of carbonyl (C=O) groups is 1. The van der Waals surface area contributed by atoms with E-state index in [-0.39, 0.29) is 6.10 Å². The van der Waals surface area contributed by atoms with Crippen molar-refractivity contribution in [3.05, 3.63) is 52.6 Å². The number of anilines is 2. The fraction of sp³-hybridized carbons (Fsp3) is 0.316. The van der Waals surface area contributed by atoms with Gasteiger partial charge in [-0.15, -0.1) is 0 Å². The molecule has 0 atom stereocenters. The van der Waals surface area contributed by atoms with Crippen LogP contribution in [0.2, 0.25) is 0 Å². The van der Waals surface area contributed by atoms with Crippen LogP contribution < -0.4 is 15.8 Å². The molecule has 3 N–H and O–H groups in total. The Morgan fingerprint density at radius 1 is 1.13 bits per heavy atom. The molecule has 0 spiro atoms. The molecule has 0 aliphatic rings. The van der Waals surface area contributed by atoms with E-state index in [2.05, 4.69) is 24.4 Å². The molecule has 0 aromatic heterocycles. The number of primary amides is 1. The zero-order chi connectivity index (χ0) is 17.1. The smallest absolute Gasteiger partial charge is 0.254 e. The number of amides is 1. The second kappa shape index (κ2) is 6.73. The second-order valence-electron chi connectivity index (χ2n) is 6.11. The van der Waals surface area contributed by atoms with Crippen LogP contribution in [-0.2, 0) is 0 Å². The molecule has 1 amide bonds. The molecule has 4 nitrogen and oxygen atoms in total. The van der Waals surface area contributed by atoms with Crippen molar-refractivity contribution in [1.29, 1.82) is 0 Å². The van der Waals surface area contributed by atoms with Gasteiger partial charge in [0.15, 0.2) is 0 Å². The number of hydrogen-bond acceptors (Lipinski definition) is 3. The lowest BCUT2D eigenvalue weighted by atomic mass is 10.0. The van der Waals surface area contributed by atoms with Crippen LogP contribution in [-0.4, -0.2) is 12.0 Å². The molecular weight excluding hydrogens is 288 g/mol. The van der Waals surface area contributed by atoms with E-state index in [1.807, 2.05) is 39.8 Å². The van der Waals surface area contributed by atoms with Gasteiger partial charge in [-0.1, -0.05) is 23.8 Å². The highest BCUT2D eigenvalue weighted by Crippen LogP contribution is 2.32. The van der Waals surface area contributed by atoms with Gasteiger partial charge < -0.3 is 15.8 Å². The molecule has 2 aromatic rings. The Bertz CT molecular complexity index is 713. The summed E-state index contributed by atoms with van der Waals surface area (Å²) in [6.07, 6.45) is -0.0359. The highest BCUT2D eigenvalue weighted by molar-refractivity contribution is 6.02. The third kappa shape index (κ3) is 3.83. The van der Waals surface area contributed by atoms with Gasteiger partial charge in [0.1, 0.15) is 11.3 Å². The summed E-state index contributed by atoms with van der Waals surface area (Å²) in [6.45, 7) is 9.98. The number of benzene rings is 2. The molecule has 4 heteroatoms. The minimum atomic E-state index is -0.508. The molecule has 2 aromatic carbocycles. The largest absolute Gasteiger partial charge is 0.490 e. The lowest BCUT2D eigenvalue weighted by Crippen LogP contribution is -2.17. The van der Waals surface area contributed by atoms with Gasteiger partial charge in [0.05, 0.1) is 11.8 Å². The summed E-state index contributed by atoms with van der Waals surface area (Å²) in [6, 6.07) is 9.67. The van der Waals surface area contributed by atoms with Crippen molar-refractivity contribution in [2.24, 2.45) is 5.73 Å². The molecule has 2 rings (SSSR count). The van der Waals surface area contributed by atoms with E-state index < -0.39 is 5.91 Å². The minimum absolute atomic E-state index is 0.0359. The first-order chi connectivity index (χ1) is 10.8. The third-order valence-electron chi connectivity index (χ3n) is 3.57. The number of nitrogens with two attached hydrogens (primary N) is 1. The van der Waals surface area contributed by atoms with E-state index >= 15 is 0 Å². The average molecular weight is 312 g/mol. The first kappa shape index (κ1) is 16.9. The first-order valence-electron chi connectivity index (χ1n) is 7.74. The van der Waals surface area contributed by atoms with E-state index in [1.54, 1.807) is 6.07 Å². The van der Waals surface area contributed by atoms with Crippen LogP contribution in [0.5, 0.6) is 5.75 Å². The SMILES string of the molecule is Cc1cc(C)c(Nc2cccc(OC(C)C)c2C(N)=O)c(C)c1. The standard InChI is InChI=1S/C19H24N2O2/c1-11(2)23-16-8-6-7-15(17(16)19(20)22)21-18-13(4)9-12(3)10-14(18)5/h6-11,21H,1-5H3,(H2,20,22). The molecule has 0 radical (unpaired) electrons. The molecular formula is C19H24N2O2. The van der Waals surface area contributed by atoms with Crippen LogP contribution in [0.4, 0.5) is 11.4 Å². The zero-order valence-corrected chi connectivity index (χ0v) is 14.4. The summed E-state index contributed by atoms with van der Waals surface area (Å²) in [5.74, 6) is -0.00825. The van der Waals surface area contributed by atoms with Gasteiger partial charge in [0, 0.05) is 5.69 Å². The summed E-state index contributed by atoms with van der Waals surface area (Å²) >= 11 is 0. The third-order valence-corrected chi connectivity index (χ3v) is 3.57. The van der Waals surface area contributed by atoms with Crippen LogP contribution in [0.3, 0.4) is 0 Å². The van der Waals surface area contributed by atoms with Crippen molar-refractivity contribution in [2.75, 3.05) is 5.32 Å². The van der Waals surface area contributed by atoms with Gasteiger partial charge in [0.25, 0.3) is 5.91 Å². The summed E-state index contributed by atoms with van der Waals surface area (Å²) < 4.78 is 5.72. The number of carbonyl (C=O) groups excluding carboxylic acids is 1. The Kier molecular flexibility index (Phi) is 4.94. The summed E-state index contributed by atoms with van der Waals surface area (Å²) in [5, 5.41) is 3.35. The van der Waals surface area contributed by atoms with Gasteiger partial charge >= 0.3 is 0 Å². The van der Waals surface area contributed by atoms with Crippen LogP contribution >= 0.6 is 0 Å². The Labute approximate surface area is 137 Å². The maximum Gasteiger partial charge on any atom is 0.254 e. The summed E-state index contributed by atoms with van der Waals surface area (Å²) in [4.78, 5) is 11.9. The number of hydrogen-bond donors (Lipinski definition) is 2. The predicted octanol–water partition coefficient (Wildman–Crippen LogP) is 4.24. The Hall–Kier alpha value is -2.49. The molecule has 0 saturated carbocycles. The highest BCUT2D eigenvalue weighted by Gasteiger charge is 2.17. The predicted molar refractivity (Wildman–Crippen MR) is 94.7 cm³/mol. The van der Waals surface area contributed by atoms with Gasteiger partial charge in [-0.25, -0.2) is 0 Å². The highest BCUT2D eigenvalue weighted by atomic mass is 16.5. The van der Waals surface area contributed by atoms with Crippen molar-refractivity contribution in [2.45, 2.75) is 40.7 Å². The monoisotopic (exact) mass is 312 g/mol. The van der Waals surface area contributed by atoms with Crippen molar-refractivity contribution < 1.29 is 9.53 Å². The number of ether oxygens (including phenoxy) is 1. The van der Waals surface area contributed by atoms with E-state index in [0.717, 1.165) is 16.8 Å². The molecule has 0 aliphatic carbocycles. The quantitative estimate of drug-likeness (QED) is 0.868. The lowest BCUT2D eigenvalue weighted by Gasteiger charge is -2.19. The molecule has 0 unspecified atom stereocenters. The molecule has 122 valence electrons. The molecule has 0 bridgehead atoms. The van der Waals surface area contributed by atoms with Gasteiger partial charge in [-0.3, -0.25) is 4.79 Å². The molecule has 0 aliphatic heterocycles. The van der Waals surface area contributed by atoms with E-state index in [4.69, 9.17) is 10.5 Å². The Balaban J connectivity index is 2.50. The van der Waals surface area contributed by atoms with Crippen LogP contribution in [0, 0.1) is 20.8 Å². The van der Waals surface area contributed by atoms with Crippen molar-refractivity contribution in [1.82, 2.24) is 0 Å². The lowest BCUT2D eigenvalue weighted by molar-refractivity contribution is 0.0995. The Morgan fingerprint density at radius 3 is 2.26 bits per heavy atom. The van der Waals surface area contributed by atoms with E-state index in [9.17, 15) is 4.79 Å². The maximum atomic E-state index is 11.9. The number of aryl methyl sites for hydroxylation is 3. The summed E-state index contributed by atoms with van der Waals surface area (Å²) in [5.41, 5.74) is 11.0. The zero-order valence-electron chi connectivity index (χ0n) is 14.4. The van der Waals surface area contributed by atoms with Crippen molar-refractivity contribution >= 4 is 17.3 Å². The van der Waals surface area contributed by atoms with Crippen LogP contribution in [0.25, 0.3) is 0 Å². The average Bonchev–Trinajstić information content (AvgIpc) is 2.41. The molecule has 0 saturated heterocycles. The van der Waals surface area contributed by atoms with Gasteiger partial charge in [-0.05, 0) is 57.9 Å². The van der Waals surface area contributed by atoms with E-state index in [1.165, 1.54) is 5.56 Å². The minimum Gasteiger partial charge on any atom is -0.490 e. The number of rotatable bonds is 5. The second-order valence-corrected chi connectivity index (χ2v) is 6.11. The van der Waals surface area contributed by atoms with Gasteiger partial charge in [-0.2, -0.15) is 0 Å². The van der Waals surface area contributed by atoms with E-state index in [0.29, 0.717) is 17.0 Å². The normalized spacial score (nSPS) is 10.7. The topological polar surface area (TPSA) is 64.3 Å². The number of nitrogens with one attached hydrogen (secondary N) is 1. The molecule has 0 fully saturated rings. The Morgan fingerprint density at radius 2 is 1.74 bits per heavy atom. The fourth-order valence-electron chi connectivity index (χ4n) is 2.75. The van der Waals surface area contributed by atoms with Crippen molar-refractivity contribution in [3.8, 4) is 5.75 Å². The molecule has 23 heavy (non-hydrogen) atoms. The molecule has 0 heterocycles.